The van der Waals surface area contributed by atoms with Crippen LogP contribution in [0.2, 0.25) is 0 Å². The molecule has 0 saturated carbocycles. The molecule has 2 nitrogen and oxygen atoms in total. The van der Waals surface area contributed by atoms with Crippen LogP contribution in [-0.2, 0) is 0 Å². The van der Waals surface area contributed by atoms with Gasteiger partial charge in [-0.3, -0.25) is 0 Å². The molecule has 0 aliphatic rings. The van der Waals surface area contributed by atoms with Crippen molar-refractivity contribution in [2.24, 2.45) is 5.92 Å². The zero-order valence-corrected chi connectivity index (χ0v) is 10.7. The fraction of sp³-hybridized carbons (Fsp3) is 0.385. The van der Waals surface area contributed by atoms with Crippen molar-refractivity contribution in [3.63, 3.8) is 0 Å². The van der Waals surface area contributed by atoms with Crippen LogP contribution in [0.25, 0.3) is 0 Å². The molecule has 0 rings (SSSR count). The van der Waals surface area contributed by atoms with Crippen LogP contribution in [0.5, 0.6) is 0 Å². The lowest BCUT2D eigenvalue weighted by Gasteiger charge is -2.05. The standard InChI is InChI=1S/C13H20BFO2/c1-9(2)6-7-10(3)11(4)8-13(15)12(5)14(16)17/h7-9,16-17H,4-6H2,1-3H3/b10-7+,13-8+. The lowest BCUT2D eigenvalue weighted by molar-refractivity contribution is 0.417. The summed E-state index contributed by atoms with van der Waals surface area (Å²) in [5.74, 6) is -0.233. The van der Waals surface area contributed by atoms with Gasteiger partial charge in [0.15, 0.2) is 0 Å². The van der Waals surface area contributed by atoms with Gasteiger partial charge in [-0.05, 0) is 36.5 Å². The molecule has 0 aromatic rings. The molecule has 0 saturated heterocycles. The molecule has 0 atom stereocenters. The summed E-state index contributed by atoms with van der Waals surface area (Å²) in [7, 11) is -1.88. The predicted octanol–water partition coefficient (Wildman–Crippen LogP) is 2.96. The van der Waals surface area contributed by atoms with Gasteiger partial charge in [0, 0.05) is 5.47 Å². The summed E-state index contributed by atoms with van der Waals surface area (Å²) in [6, 6.07) is 0. The molecule has 0 spiro atoms. The van der Waals surface area contributed by atoms with E-state index in [-0.39, 0.29) is 5.47 Å². The largest absolute Gasteiger partial charge is 0.490 e. The van der Waals surface area contributed by atoms with Crippen LogP contribution in [0.15, 0.2) is 47.8 Å². The summed E-state index contributed by atoms with van der Waals surface area (Å²) < 4.78 is 13.4. The highest BCUT2D eigenvalue weighted by atomic mass is 19.1. The van der Waals surface area contributed by atoms with Crippen LogP contribution < -0.4 is 0 Å². The monoisotopic (exact) mass is 238 g/mol. The van der Waals surface area contributed by atoms with Crippen LogP contribution in [0.3, 0.4) is 0 Å². The second kappa shape index (κ2) is 7.25. The van der Waals surface area contributed by atoms with E-state index in [1.54, 1.807) is 0 Å². The molecule has 0 aliphatic carbocycles. The molecule has 94 valence electrons. The highest BCUT2D eigenvalue weighted by Gasteiger charge is 2.16. The zero-order valence-electron chi connectivity index (χ0n) is 10.7. The molecule has 0 amide bonds. The van der Waals surface area contributed by atoms with E-state index in [4.69, 9.17) is 10.0 Å². The van der Waals surface area contributed by atoms with Gasteiger partial charge in [-0.2, -0.15) is 0 Å². The van der Waals surface area contributed by atoms with Crippen molar-refractivity contribution in [1.82, 2.24) is 0 Å². The van der Waals surface area contributed by atoms with E-state index in [1.807, 2.05) is 13.0 Å². The highest BCUT2D eigenvalue weighted by Crippen LogP contribution is 2.18. The molecule has 0 heterocycles. The first kappa shape index (κ1) is 15.9. The number of allylic oxidation sites excluding steroid dienone is 6. The van der Waals surface area contributed by atoms with Gasteiger partial charge in [-0.25, -0.2) is 4.39 Å². The summed E-state index contributed by atoms with van der Waals surface area (Å²) in [4.78, 5) is 0. The maximum Gasteiger partial charge on any atom is 0.490 e. The summed E-state index contributed by atoms with van der Waals surface area (Å²) in [6.45, 7) is 13.0. The van der Waals surface area contributed by atoms with Crippen molar-refractivity contribution in [2.45, 2.75) is 27.2 Å². The van der Waals surface area contributed by atoms with Crippen LogP contribution in [0.4, 0.5) is 4.39 Å². The molecule has 0 radical (unpaired) electrons. The van der Waals surface area contributed by atoms with Gasteiger partial charge in [0.25, 0.3) is 0 Å². The maximum atomic E-state index is 13.4. The fourth-order valence-electron chi connectivity index (χ4n) is 1.03. The normalized spacial score (nSPS) is 12.9. The fourth-order valence-corrected chi connectivity index (χ4v) is 1.03. The Balaban J connectivity index is 4.68. The van der Waals surface area contributed by atoms with Crippen LogP contribution in [0, 0.1) is 5.92 Å². The molecule has 4 heteroatoms. The highest BCUT2D eigenvalue weighted by molar-refractivity contribution is 6.51. The molecular formula is C13H20BFO2. The maximum absolute atomic E-state index is 13.4. The third kappa shape index (κ3) is 6.24. The van der Waals surface area contributed by atoms with Crippen molar-refractivity contribution in [3.8, 4) is 0 Å². The quantitative estimate of drug-likeness (QED) is 0.551. The number of hydrogen-bond acceptors (Lipinski definition) is 2. The van der Waals surface area contributed by atoms with E-state index in [1.165, 1.54) is 0 Å². The Morgan fingerprint density at radius 3 is 2.29 bits per heavy atom. The Bertz CT molecular complexity index is 354. The Morgan fingerprint density at radius 1 is 1.35 bits per heavy atom. The molecule has 0 aliphatic heterocycles. The summed E-state index contributed by atoms with van der Waals surface area (Å²) in [6.07, 6.45) is 4.03. The van der Waals surface area contributed by atoms with Crippen molar-refractivity contribution in [2.75, 3.05) is 0 Å². The van der Waals surface area contributed by atoms with E-state index in [9.17, 15) is 4.39 Å². The topological polar surface area (TPSA) is 40.5 Å². The van der Waals surface area contributed by atoms with E-state index in [0.717, 1.165) is 18.1 Å². The molecule has 17 heavy (non-hydrogen) atoms. The number of halogens is 1. The molecule has 0 fully saturated rings. The third-order valence-corrected chi connectivity index (χ3v) is 2.32. The average molecular weight is 238 g/mol. The Hall–Kier alpha value is -1.13. The summed E-state index contributed by atoms with van der Waals surface area (Å²) in [5, 5.41) is 17.5. The minimum absolute atomic E-state index is 0.359. The lowest BCUT2D eigenvalue weighted by atomic mass is 9.79. The Labute approximate surface area is 103 Å². The number of hydrogen-bond donors (Lipinski definition) is 2. The summed E-state index contributed by atoms with van der Waals surface area (Å²) in [5.41, 5.74) is 1.02. The minimum Gasteiger partial charge on any atom is -0.423 e. The SMILES string of the molecule is C=C(/C=C(/F)C(=C)B(O)O)/C(C)=C/CC(C)C. The molecular weight excluding hydrogens is 218 g/mol. The van der Waals surface area contributed by atoms with Crippen molar-refractivity contribution >= 4 is 7.12 Å². The van der Waals surface area contributed by atoms with Gasteiger partial charge in [-0.1, -0.05) is 33.1 Å². The molecule has 0 bridgehead atoms. The first-order valence-electron chi connectivity index (χ1n) is 5.54. The van der Waals surface area contributed by atoms with E-state index >= 15 is 0 Å². The van der Waals surface area contributed by atoms with Crippen molar-refractivity contribution < 1.29 is 14.4 Å². The molecule has 2 N–H and O–H groups in total. The van der Waals surface area contributed by atoms with Gasteiger partial charge < -0.3 is 10.0 Å². The van der Waals surface area contributed by atoms with E-state index in [2.05, 4.69) is 27.0 Å². The van der Waals surface area contributed by atoms with Crippen molar-refractivity contribution in [1.29, 1.82) is 0 Å². The zero-order chi connectivity index (χ0) is 13.6. The first-order valence-corrected chi connectivity index (χ1v) is 5.54. The lowest BCUT2D eigenvalue weighted by Crippen LogP contribution is -2.14. The van der Waals surface area contributed by atoms with Gasteiger partial charge in [-0.15, -0.1) is 0 Å². The van der Waals surface area contributed by atoms with Crippen LogP contribution in [0.1, 0.15) is 27.2 Å². The van der Waals surface area contributed by atoms with Gasteiger partial charge in [0.05, 0.1) is 0 Å². The van der Waals surface area contributed by atoms with Gasteiger partial charge in [0.1, 0.15) is 5.83 Å². The second-order valence-corrected chi connectivity index (χ2v) is 4.43. The van der Waals surface area contributed by atoms with Crippen molar-refractivity contribution in [3.05, 3.63) is 47.8 Å². The van der Waals surface area contributed by atoms with Gasteiger partial charge in [0.2, 0.25) is 0 Å². The second-order valence-electron chi connectivity index (χ2n) is 4.43. The number of rotatable bonds is 6. The molecule has 0 aromatic carbocycles. The average Bonchev–Trinajstić information content (AvgIpc) is 2.24. The molecule has 0 unspecified atom stereocenters. The van der Waals surface area contributed by atoms with E-state index < -0.39 is 12.9 Å². The third-order valence-electron chi connectivity index (χ3n) is 2.32. The van der Waals surface area contributed by atoms with E-state index in [0.29, 0.717) is 11.5 Å². The predicted molar refractivity (Wildman–Crippen MR) is 70.9 cm³/mol. The summed E-state index contributed by atoms with van der Waals surface area (Å²) >= 11 is 0. The van der Waals surface area contributed by atoms with Crippen LogP contribution >= 0.6 is 0 Å². The van der Waals surface area contributed by atoms with Crippen LogP contribution in [-0.4, -0.2) is 17.2 Å². The van der Waals surface area contributed by atoms with Gasteiger partial charge >= 0.3 is 7.12 Å². The first-order chi connectivity index (χ1) is 7.75. The Kier molecular flexibility index (Phi) is 6.77. The molecule has 0 aromatic heterocycles. The smallest absolute Gasteiger partial charge is 0.423 e. The Morgan fingerprint density at radius 2 is 1.88 bits per heavy atom. The minimum atomic E-state index is -1.88.